The summed E-state index contributed by atoms with van der Waals surface area (Å²) in [6.45, 7) is 5.09. The third kappa shape index (κ3) is 8.49. The van der Waals surface area contributed by atoms with Gasteiger partial charge in [0.1, 0.15) is 29.2 Å². The summed E-state index contributed by atoms with van der Waals surface area (Å²) in [7, 11) is 1.52. The van der Waals surface area contributed by atoms with E-state index >= 15 is 8.78 Å². The molecule has 0 radical (unpaired) electrons. The van der Waals surface area contributed by atoms with Gasteiger partial charge in [0.25, 0.3) is 5.91 Å². The van der Waals surface area contributed by atoms with Crippen molar-refractivity contribution in [3.05, 3.63) is 81.9 Å². The zero-order valence-electron chi connectivity index (χ0n) is 31.5. The van der Waals surface area contributed by atoms with E-state index in [1.165, 1.54) is 30.2 Å². The van der Waals surface area contributed by atoms with Gasteiger partial charge < -0.3 is 24.2 Å². The average molecular weight is 795 g/mol. The van der Waals surface area contributed by atoms with Crippen molar-refractivity contribution >= 4 is 29.1 Å². The molecule has 3 amide bonds. The lowest BCUT2D eigenvalue weighted by Gasteiger charge is -2.36. The number of hydrogen-bond donors (Lipinski definition) is 1. The van der Waals surface area contributed by atoms with Crippen molar-refractivity contribution in [3.8, 4) is 17.6 Å². The molecule has 11 nitrogen and oxygen atoms in total. The first kappa shape index (κ1) is 39.8. The number of carbonyl (C=O) groups excluding carboxylic acids is 3. The van der Waals surface area contributed by atoms with Crippen molar-refractivity contribution < 1.29 is 45.8 Å². The van der Waals surface area contributed by atoms with Gasteiger partial charge in [0.15, 0.2) is 0 Å². The Morgan fingerprint density at radius 1 is 0.877 bits per heavy atom. The molecule has 1 unspecified atom stereocenters. The Bertz CT molecular complexity index is 2050. The van der Waals surface area contributed by atoms with E-state index in [1.54, 1.807) is 11.0 Å². The minimum absolute atomic E-state index is 0.0435. The van der Waals surface area contributed by atoms with Crippen LogP contribution in [0.5, 0.6) is 11.5 Å². The zero-order chi connectivity index (χ0) is 40.4. The van der Waals surface area contributed by atoms with E-state index in [2.05, 4.69) is 15.1 Å². The van der Waals surface area contributed by atoms with Crippen LogP contribution in [0.15, 0.2) is 42.5 Å². The standard InChI is InChI=1S/C41H43F5N6O5/c1-56-35-20-29(18-27-24-52(40(55)38(27)35)34-6-7-36(53)48-39(34)54)51-15-13-49(14-16-51)10-2-3-17-57-30-21-32(42)37(33(43)22-30)25-8-11-50(12-9-25)28-5-4-26(23-47)31(19-28)41(44,45)46/h4-5,18-22,25,34H,2-3,6-17,24H2,1H3,(H,48,53,54). The lowest BCUT2D eigenvalue weighted by molar-refractivity contribution is -0.138. The number of benzene rings is 3. The number of nitrogens with one attached hydrogen (secondary N) is 1. The number of imide groups is 1. The summed E-state index contributed by atoms with van der Waals surface area (Å²) in [5.74, 6) is -2.39. The smallest absolute Gasteiger partial charge is 0.417 e. The number of anilines is 2. The number of ether oxygens (including phenoxy) is 2. The minimum atomic E-state index is -4.67. The minimum Gasteiger partial charge on any atom is -0.496 e. The van der Waals surface area contributed by atoms with E-state index in [9.17, 15) is 27.6 Å². The van der Waals surface area contributed by atoms with Crippen LogP contribution in [0.1, 0.15) is 77.1 Å². The van der Waals surface area contributed by atoms with E-state index < -0.39 is 46.8 Å². The number of nitrogens with zero attached hydrogens (tertiary/aromatic N) is 5. The molecule has 0 aliphatic carbocycles. The van der Waals surface area contributed by atoms with Gasteiger partial charge in [-0.3, -0.25) is 24.6 Å². The predicted molar refractivity (Wildman–Crippen MR) is 199 cm³/mol. The Labute approximate surface area is 326 Å². The molecule has 1 N–H and O–H groups in total. The zero-order valence-corrected chi connectivity index (χ0v) is 31.5. The number of piperidine rings is 2. The highest BCUT2D eigenvalue weighted by Gasteiger charge is 2.41. The topological polar surface area (TPSA) is 118 Å². The highest BCUT2D eigenvalue weighted by Crippen LogP contribution is 2.40. The predicted octanol–water partition coefficient (Wildman–Crippen LogP) is 5.99. The Hall–Kier alpha value is -5.43. The molecular formula is C41H43F5N6O5. The van der Waals surface area contributed by atoms with Crippen molar-refractivity contribution in [1.82, 2.24) is 15.1 Å². The number of methoxy groups -OCH3 is 1. The van der Waals surface area contributed by atoms with Crippen molar-refractivity contribution in [2.75, 3.05) is 69.3 Å². The molecule has 3 aromatic carbocycles. The van der Waals surface area contributed by atoms with E-state index in [0.29, 0.717) is 49.4 Å². The van der Waals surface area contributed by atoms with Gasteiger partial charge in [-0.1, -0.05) is 0 Å². The number of halogens is 5. The van der Waals surface area contributed by atoms with Gasteiger partial charge in [-0.05, 0) is 74.4 Å². The van der Waals surface area contributed by atoms with Crippen LogP contribution in [0, 0.1) is 23.0 Å². The van der Waals surface area contributed by atoms with Gasteiger partial charge >= 0.3 is 6.18 Å². The molecule has 4 heterocycles. The number of piperazine rings is 1. The van der Waals surface area contributed by atoms with Gasteiger partial charge in [-0.15, -0.1) is 0 Å². The summed E-state index contributed by atoms with van der Waals surface area (Å²) in [5.41, 5.74) is 0.964. The third-order valence-electron chi connectivity index (χ3n) is 11.4. The lowest BCUT2D eigenvalue weighted by Crippen LogP contribution is -2.52. The first-order valence-electron chi connectivity index (χ1n) is 19.2. The van der Waals surface area contributed by atoms with Crippen LogP contribution in [-0.4, -0.2) is 93.1 Å². The second kappa shape index (κ2) is 16.6. The quantitative estimate of drug-likeness (QED) is 0.142. The normalized spacial score (nSPS) is 19.4. The van der Waals surface area contributed by atoms with Crippen LogP contribution in [0.3, 0.4) is 0 Å². The second-order valence-electron chi connectivity index (χ2n) is 14.9. The van der Waals surface area contributed by atoms with Crippen LogP contribution >= 0.6 is 0 Å². The van der Waals surface area contributed by atoms with Crippen molar-refractivity contribution in [3.63, 3.8) is 0 Å². The van der Waals surface area contributed by atoms with Crippen molar-refractivity contribution in [1.29, 1.82) is 5.26 Å². The van der Waals surface area contributed by atoms with E-state index in [0.717, 1.165) is 62.5 Å². The molecule has 57 heavy (non-hydrogen) atoms. The molecule has 3 fully saturated rings. The van der Waals surface area contributed by atoms with Gasteiger partial charge in [0.2, 0.25) is 11.8 Å². The summed E-state index contributed by atoms with van der Waals surface area (Å²) >= 11 is 0. The first-order chi connectivity index (χ1) is 27.3. The number of unbranched alkanes of at least 4 members (excludes halogenated alkanes) is 1. The van der Waals surface area contributed by atoms with Crippen LogP contribution in [0.25, 0.3) is 0 Å². The molecule has 7 rings (SSSR count). The number of rotatable bonds is 11. The highest BCUT2D eigenvalue weighted by molar-refractivity contribution is 6.06. The molecule has 3 saturated heterocycles. The summed E-state index contributed by atoms with van der Waals surface area (Å²) in [5, 5.41) is 11.4. The maximum atomic E-state index is 15.3. The second-order valence-corrected chi connectivity index (χ2v) is 14.9. The Morgan fingerprint density at radius 3 is 2.23 bits per heavy atom. The molecule has 4 aliphatic rings. The molecule has 4 aliphatic heterocycles. The molecule has 0 spiro atoms. The monoisotopic (exact) mass is 794 g/mol. The number of hydrogen-bond acceptors (Lipinski definition) is 9. The fourth-order valence-electron chi connectivity index (χ4n) is 8.38. The molecule has 0 bridgehead atoms. The maximum Gasteiger partial charge on any atom is 0.417 e. The van der Waals surface area contributed by atoms with E-state index in [4.69, 9.17) is 14.7 Å². The van der Waals surface area contributed by atoms with E-state index in [-0.39, 0.29) is 49.1 Å². The maximum absolute atomic E-state index is 15.3. The third-order valence-corrected chi connectivity index (χ3v) is 11.4. The summed E-state index contributed by atoms with van der Waals surface area (Å²) in [6, 6.07) is 10.6. The molecule has 0 aromatic heterocycles. The Kier molecular flexibility index (Phi) is 11.6. The molecule has 0 saturated carbocycles. The largest absolute Gasteiger partial charge is 0.496 e. The van der Waals surface area contributed by atoms with Crippen LogP contribution in [-0.2, 0) is 22.3 Å². The molecular weight excluding hydrogens is 751 g/mol. The van der Waals surface area contributed by atoms with Crippen LogP contribution in [0.2, 0.25) is 0 Å². The van der Waals surface area contributed by atoms with E-state index in [1.807, 2.05) is 12.1 Å². The highest BCUT2D eigenvalue weighted by atomic mass is 19.4. The fourth-order valence-corrected chi connectivity index (χ4v) is 8.38. The molecule has 302 valence electrons. The van der Waals surface area contributed by atoms with Gasteiger partial charge in [-0.25, -0.2) is 8.78 Å². The number of alkyl halides is 3. The Balaban J connectivity index is 0.852. The summed E-state index contributed by atoms with van der Waals surface area (Å²) in [4.78, 5) is 45.3. The molecule has 1 atom stereocenters. The van der Waals surface area contributed by atoms with Crippen LogP contribution < -0.4 is 24.6 Å². The SMILES string of the molecule is COc1cc(N2CCN(CCCCOc3cc(F)c(C4CCN(c5ccc(C#N)c(C(F)(F)F)c5)CC4)c(F)c3)CC2)cc2c1C(=O)N(C1CCC(=O)NC1=O)C2. The van der Waals surface area contributed by atoms with Crippen molar-refractivity contribution in [2.45, 2.75) is 63.2 Å². The summed E-state index contributed by atoms with van der Waals surface area (Å²) in [6.07, 6.45) is -2.03. The average Bonchev–Trinajstić information content (AvgIpc) is 3.52. The number of amides is 3. The van der Waals surface area contributed by atoms with Crippen molar-refractivity contribution in [2.24, 2.45) is 0 Å². The van der Waals surface area contributed by atoms with Gasteiger partial charge in [0.05, 0.1) is 36.5 Å². The summed E-state index contributed by atoms with van der Waals surface area (Å²) < 4.78 is 82.2. The number of carbonyl (C=O) groups is 3. The molecule has 16 heteroatoms. The number of nitriles is 1. The fraction of sp³-hybridized carbons (Fsp3) is 0.463. The van der Waals surface area contributed by atoms with Gasteiger partial charge in [-0.2, -0.15) is 18.4 Å². The lowest BCUT2D eigenvalue weighted by atomic mass is 9.88. The first-order valence-corrected chi connectivity index (χ1v) is 19.2. The van der Waals surface area contributed by atoms with Gasteiger partial charge in [0, 0.05) is 87.4 Å². The Morgan fingerprint density at radius 2 is 1.58 bits per heavy atom. The number of fused-ring (bicyclic) bond motifs is 1. The van der Waals surface area contributed by atoms with Crippen LogP contribution in [0.4, 0.5) is 33.3 Å². The molecule has 3 aromatic rings.